The van der Waals surface area contributed by atoms with E-state index in [1.165, 1.54) is 0 Å². The second-order valence-corrected chi connectivity index (χ2v) is 5.86. The van der Waals surface area contributed by atoms with Crippen LogP contribution < -0.4 is 0 Å². The van der Waals surface area contributed by atoms with Crippen LogP contribution in [-0.4, -0.2) is 21.8 Å². The Kier molecular flexibility index (Phi) is 4.99. The molecule has 0 aliphatic heterocycles. The van der Waals surface area contributed by atoms with Crippen LogP contribution in [-0.2, 0) is 4.79 Å². The molecule has 0 aromatic carbocycles. The van der Waals surface area contributed by atoms with Gasteiger partial charge in [-0.3, -0.25) is 4.79 Å². The molecule has 1 rings (SSSR count). The van der Waals surface area contributed by atoms with Crippen molar-refractivity contribution in [1.29, 1.82) is 0 Å². The van der Waals surface area contributed by atoms with E-state index in [9.17, 15) is 15.0 Å². The van der Waals surface area contributed by atoms with E-state index in [2.05, 4.69) is 13.8 Å². The van der Waals surface area contributed by atoms with Crippen molar-refractivity contribution in [1.82, 2.24) is 0 Å². The fourth-order valence-electron chi connectivity index (χ4n) is 3.07. The summed E-state index contributed by atoms with van der Waals surface area (Å²) < 4.78 is 0. The van der Waals surface area contributed by atoms with E-state index in [0.717, 1.165) is 19.3 Å². The van der Waals surface area contributed by atoms with Crippen LogP contribution in [0.25, 0.3) is 0 Å². The van der Waals surface area contributed by atoms with Gasteiger partial charge < -0.3 is 10.2 Å². The molecule has 1 unspecified atom stereocenters. The molecule has 0 aromatic rings. The van der Waals surface area contributed by atoms with Gasteiger partial charge in [0.15, 0.2) is 0 Å². The maximum Gasteiger partial charge on any atom is 0.309 e. The summed E-state index contributed by atoms with van der Waals surface area (Å²) >= 11 is 0. The van der Waals surface area contributed by atoms with Gasteiger partial charge in [-0.15, -0.1) is 0 Å². The van der Waals surface area contributed by atoms with Crippen molar-refractivity contribution in [3.8, 4) is 0 Å². The fraction of sp³-hybridized carbons (Fsp3) is 0.929. The Hall–Kier alpha value is -0.570. The van der Waals surface area contributed by atoms with E-state index in [-0.39, 0.29) is 0 Å². The van der Waals surface area contributed by atoms with Gasteiger partial charge in [-0.25, -0.2) is 0 Å². The molecular formula is C14H26O3. The van der Waals surface area contributed by atoms with Gasteiger partial charge in [0.2, 0.25) is 0 Å². The molecule has 1 aliphatic carbocycles. The Bertz CT molecular complexity index is 252. The van der Waals surface area contributed by atoms with Gasteiger partial charge in [0.1, 0.15) is 0 Å². The lowest BCUT2D eigenvalue weighted by molar-refractivity contribution is -0.156. The van der Waals surface area contributed by atoms with Gasteiger partial charge in [-0.2, -0.15) is 0 Å². The quantitative estimate of drug-likeness (QED) is 0.779. The largest absolute Gasteiger partial charge is 0.481 e. The molecule has 1 saturated carbocycles. The summed E-state index contributed by atoms with van der Waals surface area (Å²) in [5.41, 5.74) is -0.965. The molecule has 0 spiro atoms. The molecule has 0 saturated heterocycles. The van der Waals surface area contributed by atoms with Crippen molar-refractivity contribution in [2.45, 2.75) is 64.9 Å². The number of aliphatic hydroxyl groups is 1. The highest BCUT2D eigenvalue weighted by Crippen LogP contribution is 2.41. The highest BCUT2D eigenvalue weighted by Gasteiger charge is 2.43. The minimum Gasteiger partial charge on any atom is -0.481 e. The molecule has 0 aromatic heterocycles. The minimum atomic E-state index is -0.965. The van der Waals surface area contributed by atoms with Crippen molar-refractivity contribution < 1.29 is 15.0 Å². The normalized spacial score (nSPS) is 31.5. The lowest BCUT2D eigenvalue weighted by Gasteiger charge is -2.41. The Morgan fingerprint density at radius 1 is 1.35 bits per heavy atom. The first-order valence-electron chi connectivity index (χ1n) is 6.86. The number of carboxylic acids is 1. The van der Waals surface area contributed by atoms with Crippen molar-refractivity contribution >= 4 is 5.97 Å². The summed E-state index contributed by atoms with van der Waals surface area (Å²) in [6, 6.07) is 0. The monoisotopic (exact) mass is 242 g/mol. The average molecular weight is 242 g/mol. The van der Waals surface area contributed by atoms with Crippen LogP contribution in [0.4, 0.5) is 0 Å². The Labute approximate surface area is 104 Å². The third kappa shape index (κ3) is 3.44. The van der Waals surface area contributed by atoms with E-state index >= 15 is 0 Å². The first kappa shape index (κ1) is 14.5. The first-order valence-corrected chi connectivity index (χ1v) is 6.86. The number of carbonyl (C=O) groups is 1. The summed E-state index contributed by atoms with van der Waals surface area (Å²) in [5.74, 6) is -0.140. The summed E-state index contributed by atoms with van der Waals surface area (Å²) in [4.78, 5) is 11.2. The zero-order chi connectivity index (χ0) is 13.1. The predicted octanol–water partition coefficient (Wildman–Crippen LogP) is 3.06. The minimum absolute atomic E-state index is 0.582. The molecule has 100 valence electrons. The zero-order valence-electron chi connectivity index (χ0n) is 11.3. The SMILES string of the molecule is CCCC(C(=O)O)C1(O)CCC(C(C)C)CC1. The second-order valence-electron chi connectivity index (χ2n) is 5.86. The fourth-order valence-corrected chi connectivity index (χ4v) is 3.07. The van der Waals surface area contributed by atoms with Crippen molar-refractivity contribution in [3.63, 3.8) is 0 Å². The van der Waals surface area contributed by atoms with Crippen LogP contribution in [0.1, 0.15) is 59.3 Å². The Morgan fingerprint density at radius 3 is 2.24 bits per heavy atom. The van der Waals surface area contributed by atoms with E-state index in [4.69, 9.17) is 0 Å². The summed E-state index contributed by atoms with van der Waals surface area (Å²) in [6.45, 7) is 6.38. The van der Waals surface area contributed by atoms with Gasteiger partial charge in [-0.05, 0) is 43.9 Å². The molecule has 3 heteroatoms. The van der Waals surface area contributed by atoms with Gasteiger partial charge in [-0.1, -0.05) is 27.2 Å². The van der Waals surface area contributed by atoms with Crippen LogP contribution in [0, 0.1) is 17.8 Å². The number of hydrogen-bond acceptors (Lipinski definition) is 2. The van der Waals surface area contributed by atoms with Crippen molar-refractivity contribution in [2.24, 2.45) is 17.8 Å². The lowest BCUT2D eigenvalue weighted by Crippen LogP contribution is -2.45. The Morgan fingerprint density at radius 2 is 1.88 bits per heavy atom. The number of aliphatic carboxylic acids is 1. The third-order valence-corrected chi connectivity index (χ3v) is 4.36. The van der Waals surface area contributed by atoms with E-state index in [1.54, 1.807) is 0 Å². The smallest absolute Gasteiger partial charge is 0.309 e. The molecule has 0 heterocycles. The number of carboxylic acid groups (broad SMARTS) is 1. The molecule has 1 aliphatic rings. The zero-order valence-corrected chi connectivity index (χ0v) is 11.3. The summed E-state index contributed by atoms with van der Waals surface area (Å²) in [7, 11) is 0. The van der Waals surface area contributed by atoms with Crippen molar-refractivity contribution in [2.75, 3.05) is 0 Å². The standard InChI is InChI=1S/C14H26O3/c1-4-5-12(13(15)16)14(17)8-6-11(7-9-14)10(2)3/h10-12,17H,4-9H2,1-3H3,(H,15,16). The maximum atomic E-state index is 11.2. The number of hydrogen-bond donors (Lipinski definition) is 2. The van der Waals surface area contributed by atoms with E-state index in [1.807, 2.05) is 6.92 Å². The van der Waals surface area contributed by atoms with Crippen LogP contribution in [0.3, 0.4) is 0 Å². The molecule has 1 fully saturated rings. The highest BCUT2D eigenvalue weighted by molar-refractivity contribution is 5.71. The van der Waals surface area contributed by atoms with Crippen molar-refractivity contribution in [3.05, 3.63) is 0 Å². The maximum absolute atomic E-state index is 11.2. The second kappa shape index (κ2) is 5.85. The molecule has 0 bridgehead atoms. The average Bonchev–Trinajstić information content (AvgIpc) is 2.25. The first-order chi connectivity index (χ1) is 7.90. The number of rotatable bonds is 5. The highest BCUT2D eigenvalue weighted by atomic mass is 16.4. The van der Waals surface area contributed by atoms with Crippen LogP contribution in [0.15, 0.2) is 0 Å². The summed E-state index contributed by atoms with van der Waals surface area (Å²) in [6.07, 6.45) is 4.61. The van der Waals surface area contributed by atoms with E-state index in [0.29, 0.717) is 31.1 Å². The molecule has 1 atom stereocenters. The molecule has 0 radical (unpaired) electrons. The molecule has 2 N–H and O–H groups in total. The molecule has 0 amide bonds. The molecule has 17 heavy (non-hydrogen) atoms. The van der Waals surface area contributed by atoms with Crippen LogP contribution >= 0.6 is 0 Å². The molecule has 3 nitrogen and oxygen atoms in total. The van der Waals surface area contributed by atoms with Gasteiger partial charge in [0.25, 0.3) is 0 Å². The van der Waals surface area contributed by atoms with Crippen LogP contribution in [0.5, 0.6) is 0 Å². The predicted molar refractivity (Wildman–Crippen MR) is 67.8 cm³/mol. The third-order valence-electron chi connectivity index (χ3n) is 4.36. The summed E-state index contributed by atoms with van der Waals surface area (Å²) in [5, 5.41) is 19.8. The van der Waals surface area contributed by atoms with E-state index < -0.39 is 17.5 Å². The van der Waals surface area contributed by atoms with Gasteiger partial charge >= 0.3 is 5.97 Å². The Balaban J connectivity index is 2.66. The van der Waals surface area contributed by atoms with Gasteiger partial charge in [0.05, 0.1) is 11.5 Å². The topological polar surface area (TPSA) is 57.5 Å². The molecular weight excluding hydrogens is 216 g/mol. The van der Waals surface area contributed by atoms with Gasteiger partial charge in [0, 0.05) is 0 Å². The lowest BCUT2D eigenvalue weighted by atomic mass is 9.68. The van der Waals surface area contributed by atoms with Crippen LogP contribution in [0.2, 0.25) is 0 Å².